The summed E-state index contributed by atoms with van der Waals surface area (Å²) in [5.41, 5.74) is -0.299. The van der Waals surface area contributed by atoms with Crippen molar-refractivity contribution in [2.24, 2.45) is 0 Å². The molecule has 1 saturated heterocycles. The molecule has 47 heavy (non-hydrogen) atoms. The van der Waals surface area contributed by atoms with Gasteiger partial charge >= 0.3 is 18.3 Å². The Morgan fingerprint density at radius 1 is 0.872 bits per heavy atom. The molecule has 2 atom stereocenters. The molecule has 2 amide bonds. The minimum Gasteiger partial charge on any atom is -0.493 e. The fourth-order valence-corrected chi connectivity index (χ4v) is 5.51. The zero-order valence-corrected chi connectivity index (χ0v) is 25.0. The molecule has 2 aliphatic heterocycles. The smallest absolute Gasteiger partial charge is 0.490 e. The highest BCUT2D eigenvalue weighted by atomic mass is 19.4. The second kappa shape index (κ2) is 12.7. The van der Waals surface area contributed by atoms with E-state index < -0.39 is 48.0 Å². The van der Waals surface area contributed by atoms with Crippen LogP contribution in [-0.2, 0) is 20.5 Å². The maximum Gasteiger partial charge on any atom is 0.490 e. The van der Waals surface area contributed by atoms with E-state index in [2.05, 4.69) is 5.32 Å². The molecule has 3 aromatic carbocycles. The number of nitrogens with zero attached hydrogens (tertiary/aromatic N) is 2. The second-order valence-electron chi connectivity index (χ2n) is 10.6. The first-order chi connectivity index (χ1) is 22.2. The number of piperazine rings is 1. The number of fused-ring (bicyclic) bond motifs is 2. The summed E-state index contributed by atoms with van der Waals surface area (Å²) in [4.78, 5) is 41.8. The summed E-state index contributed by atoms with van der Waals surface area (Å²) in [6, 6.07) is 10.1. The van der Waals surface area contributed by atoms with Crippen LogP contribution in [-0.4, -0.2) is 80.8 Å². The number of rotatable bonds is 7. The number of methoxy groups -OCH3 is 3. The second-order valence-corrected chi connectivity index (χ2v) is 10.6. The van der Waals surface area contributed by atoms with Crippen molar-refractivity contribution in [3.05, 3.63) is 71.3 Å². The lowest BCUT2D eigenvalue weighted by Gasteiger charge is -2.42. The summed E-state index contributed by atoms with van der Waals surface area (Å²) in [5.74, 6) is -3.56. The molecule has 1 N–H and O–H groups in total. The number of amides is 2. The maximum atomic E-state index is 13.8. The number of benzene rings is 3. The minimum absolute atomic E-state index is 0.0000725. The summed E-state index contributed by atoms with van der Waals surface area (Å²) in [7, 11) is 3.89. The summed E-state index contributed by atoms with van der Waals surface area (Å²) >= 11 is 0. The highest BCUT2D eigenvalue weighted by Gasteiger charge is 2.46. The first-order valence-electron chi connectivity index (χ1n) is 13.9. The molecule has 16 heteroatoms. The van der Waals surface area contributed by atoms with Crippen LogP contribution in [0.25, 0.3) is 11.1 Å². The number of ether oxygens (including phenoxy) is 4. The van der Waals surface area contributed by atoms with E-state index in [1.807, 2.05) is 0 Å². The molecule has 0 saturated carbocycles. The molecule has 0 radical (unpaired) electrons. The predicted molar refractivity (Wildman–Crippen MR) is 153 cm³/mol. The number of nitrogens with one attached hydrogen (secondary N) is 1. The van der Waals surface area contributed by atoms with Crippen LogP contribution in [0.5, 0.6) is 17.2 Å². The van der Waals surface area contributed by atoms with Crippen molar-refractivity contribution in [3.8, 4) is 28.4 Å². The number of hydrogen-bond donors (Lipinski definition) is 1. The lowest BCUT2D eigenvalue weighted by atomic mass is 9.99. The molecule has 2 heterocycles. The van der Waals surface area contributed by atoms with Gasteiger partial charge in [-0.1, -0.05) is 18.2 Å². The molecular weight excluding hydrogens is 640 g/mol. The third-order valence-electron chi connectivity index (χ3n) is 7.76. The summed E-state index contributed by atoms with van der Waals surface area (Å²) in [6.45, 7) is -0.697. The minimum atomic E-state index is -5.35. The fourth-order valence-electron chi connectivity index (χ4n) is 5.51. The Bertz CT molecular complexity index is 1690. The standard InChI is InChI=1S/C31H27F6N3O7/c1-44-23-13-18(14-24(45-2)25(23)46-3)28(47-29(43)31(35,36)37)39-9-10-40-22(15-39)26(41)38-21-8-7-17(12-20(21)27(40)42)16-5-4-6-19(11-16)30(32,33)34/h4-8,11-14,22,28H,9-10,15H2,1-3H3,(H,38,41). The van der Waals surface area contributed by atoms with Gasteiger partial charge in [0.05, 0.1) is 38.1 Å². The number of alkyl halides is 6. The molecule has 2 unspecified atom stereocenters. The van der Waals surface area contributed by atoms with Gasteiger partial charge in [-0.2, -0.15) is 26.3 Å². The third kappa shape index (κ3) is 6.63. The molecule has 10 nitrogen and oxygen atoms in total. The van der Waals surface area contributed by atoms with Crippen LogP contribution in [0.4, 0.5) is 32.0 Å². The van der Waals surface area contributed by atoms with Gasteiger partial charge in [0.2, 0.25) is 11.7 Å². The third-order valence-corrected chi connectivity index (χ3v) is 7.76. The van der Waals surface area contributed by atoms with Crippen molar-refractivity contribution < 1.29 is 59.7 Å². The molecule has 250 valence electrons. The zero-order chi connectivity index (χ0) is 34.3. The van der Waals surface area contributed by atoms with Crippen LogP contribution in [0, 0.1) is 0 Å². The largest absolute Gasteiger partial charge is 0.493 e. The average molecular weight is 668 g/mol. The van der Waals surface area contributed by atoms with Crippen molar-refractivity contribution in [2.75, 3.05) is 46.3 Å². The zero-order valence-electron chi connectivity index (χ0n) is 25.0. The van der Waals surface area contributed by atoms with E-state index in [0.29, 0.717) is 0 Å². The van der Waals surface area contributed by atoms with Crippen molar-refractivity contribution in [2.45, 2.75) is 24.6 Å². The predicted octanol–water partition coefficient (Wildman–Crippen LogP) is 5.28. The number of anilines is 1. The van der Waals surface area contributed by atoms with Crippen LogP contribution in [0.15, 0.2) is 54.6 Å². The SMILES string of the molecule is COc1cc(C(OC(=O)C(F)(F)F)N2CCN3C(=O)c4cc(-c5cccc(C(F)(F)F)c5)ccc4NC(=O)C3C2)cc(OC)c1OC. The van der Waals surface area contributed by atoms with Gasteiger partial charge in [0.15, 0.2) is 17.7 Å². The van der Waals surface area contributed by atoms with Gasteiger partial charge in [-0.05, 0) is 47.5 Å². The first kappa shape index (κ1) is 33.4. The Morgan fingerprint density at radius 3 is 2.13 bits per heavy atom. The van der Waals surface area contributed by atoms with Crippen LogP contribution in [0.1, 0.15) is 27.7 Å². The molecule has 2 aliphatic rings. The average Bonchev–Trinajstić information content (AvgIpc) is 3.14. The summed E-state index contributed by atoms with van der Waals surface area (Å²) < 4.78 is 101. The summed E-state index contributed by atoms with van der Waals surface area (Å²) in [6.07, 6.45) is -11.6. The lowest BCUT2D eigenvalue weighted by molar-refractivity contribution is -0.215. The highest BCUT2D eigenvalue weighted by Crippen LogP contribution is 2.42. The summed E-state index contributed by atoms with van der Waals surface area (Å²) in [5, 5.41) is 2.63. The van der Waals surface area contributed by atoms with Gasteiger partial charge in [0.25, 0.3) is 5.91 Å². The molecule has 0 bridgehead atoms. The number of halogens is 6. The molecule has 3 aromatic rings. The molecule has 5 rings (SSSR count). The van der Waals surface area contributed by atoms with Gasteiger partial charge in [-0.3, -0.25) is 14.5 Å². The van der Waals surface area contributed by atoms with Crippen molar-refractivity contribution >= 4 is 23.5 Å². The van der Waals surface area contributed by atoms with Crippen molar-refractivity contribution in [1.29, 1.82) is 0 Å². The van der Waals surface area contributed by atoms with E-state index >= 15 is 0 Å². The topological polar surface area (TPSA) is 107 Å². The maximum absolute atomic E-state index is 13.8. The Balaban J connectivity index is 1.48. The number of esters is 1. The first-order valence-corrected chi connectivity index (χ1v) is 13.9. The van der Waals surface area contributed by atoms with E-state index in [-0.39, 0.29) is 64.8 Å². The Hall–Kier alpha value is -4.99. The number of carbonyl (C=O) groups is 3. The molecule has 0 aromatic heterocycles. The van der Waals surface area contributed by atoms with Gasteiger partial charge in [0, 0.05) is 25.2 Å². The fraction of sp³-hybridized carbons (Fsp3) is 0.323. The molecule has 0 spiro atoms. The molecular formula is C31H27F6N3O7. The van der Waals surface area contributed by atoms with Crippen LogP contribution < -0.4 is 19.5 Å². The van der Waals surface area contributed by atoms with Crippen LogP contribution in [0.2, 0.25) is 0 Å². The highest BCUT2D eigenvalue weighted by molar-refractivity contribution is 6.10. The Kier molecular flexibility index (Phi) is 8.99. The van der Waals surface area contributed by atoms with Gasteiger partial charge in [-0.15, -0.1) is 0 Å². The normalized spacial score (nSPS) is 17.6. The lowest BCUT2D eigenvalue weighted by Crippen LogP contribution is -2.59. The van der Waals surface area contributed by atoms with Gasteiger partial charge in [0.1, 0.15) is 6.04 Å². The van der Waals surface area contributed by atoms with E-state index in [4.69, 9.17) is 18.9 Å². The molecule has 1 fully saturated rings. The van der Waals surface area contributed by atoms with E-state index in [9.17, 15) is 40.7 Å². The Morgan fingerprint density at radius 2 is 1.53 bits per heavy atom. The van der Waals surface area contributed by atoms with Gasteiger partial charge < -0.3 is 29.2 Å². The van der Waals surface area contributed by atoms with Crippen LogP contribution in [0.3, 0.4) is 0 Å². The van der Waals surface area contributed by atoms with E-state index in [1.165, 1.54) is 73.6 Å². The quantitative estimate of drug-likeness (QED) is 0.268. The van der Waals surface area contributed by atoms with Gasteiger partial charge in [-0.25, -0.2) is 4.79 Å². The van der Waals surface area contributed by atoms with E-state index in [1.54, 1.807) is 0 Å². The Labute approximate surface area is 263 Å². The monoisotopic (exact) mass is 667 g/mol. The van der Waals surface area contributed by atoms with E-state index in [0.717, 1.165) is 12.1 Å². The number of hydrogen-bond acceptors (Lipinski definition) is 8. The van der Waals surface area contributed by atoms with Crippen LogP contribution >= 0.6 is 0 Å². The van der Waals surface area contributed by atoms with Crippen molar-refractivity contribution in [3.63, 3.8) is 0 Å². The molecule has 0 aliphatic carbocycles. The number of carbonyl (C=O) groups excluding carboxylic acids is 3. The van der Waals surface area contributed by atoms with Crippen molar-refractivity contribution in [1.82, 2.24) is 9.80 Å².